The third-order valence-corrected chi connectivity index (χ3v) is 5.42. The van der Waals surface area contributed by atoms with Gasteiger partial charge in [0, 0.05) is 18.1 Å². The Hall–Kier alpha value is -3.00. The molecule has 0 bridgehead atoms. The van der Waals surface area contributed by atoms with Crippen LogP contribution in [-0.4, -0.2) is 52.8 Å². The fourth-order valence-electron chi connectivity index (χ4n) is 1.89. The van der Waals surface area contributed by atoms with Gasteiger partial charge in [-0.05, 0) is 12.1 Å². The van der Waals surface area contributed by atoms with Crippen LogP contribution in [0.15, 0.2) is 36.9 Å². The summed E-state index contributed by atoms with van der Waals surface area (Å²) in [6.45, 7) is 2.38. The molecule has 0 heterocycles. The van der Waals surface area contributed by atoms with E-state index in [1.807, 2.05) is 0 Å². The highest BCUT2D eigenvalue weighted by atomic mass is 33.1. The molecule has 0 fully saturated rings. The van der Waals surface area contributed by atoms with E-state index < -0.39 is 41.3 Å². The normalized spacial score (nSPS) is 11.1. The van der Waals surface area contributed by atoms with Crippen LogP contribution in [0.4, 0.5) is 0 Å². The lowest BCUT2D eigenvalue weighted by molar-refractivity contribution is -0.789. The predicted octanol–water partition coefficient (Wildman–Crippen LogP) is 2.06. The summed E-state index contributed by atoms with van der Waals surface area (Å²) in [5.41, 5.74) is 0.00887. The van der Waals surface area contributed by atoms with Crippen molar-refractivity contribution >= 4 is 33.5 Å². The van der Waals surface area contributed by atoms with Crippen molar-refractivity contribution in [2.45, 2.75) is 12.5 Å². The molecule has 30 heavy (non-hydrogen) atoms. The van der Waals surface area contributed by atoms with Gasteiger partial charge in [-0.1, -0.05) is 39.8 Å². The standard InChI is InChI=1S/C16H19N3O9S2/c1-2-8-29-30-9-7-15(20)27-14-6-4-3-5-13(14)16(21)17-10-12(28-19(24)25)11-26-18(22)23/h2-6,12H,1,7-11H2,(H,17,21). The van der Waals surface area contributed by atoms with E-state index in [4.69, 9.17) is 4.74 Å². The smallest absolute Gasteiger partial charge is 0.312 e. The first kappa shape index (κ1) is 25.0. The summed E-state index contributed by atoms with van der Waals surface area (Å²) in [5.74, 6) is 0.0267. The Kier molecular flexibility index (Phi) is 11.7. The van der Waals surface area contributed by atoms with Crippen LogP contribution in [0.2, 0.25) is 0 Å². The van der Waals surface area contributed by atoms with Gasteiger partial charge in [0.05, 0.1) is 12.0 Å². The summed E-state index contributed by atoms with van der Waals surface area (Å²) in [7, 11) is 3.03. The number of hydrogen-bond acceptors (Lipinski definition) is 11. The largest absolute Gasteiger partial charge is 0.426 e. The molecule has 1 amide bonds. The van der Waals surface area contributed by atoms with E-state index in [2.05, 4.69) is 21.6 Å². The van der Waals surface area contributed by atoms with Gasteiger partial charge < -0.3 is 19.7 Å². The van der Waals surface area contributed by atoms with Gasteiger partial charge in [-0.3, -0.25) is 9.59 Å². The number of hydrogen-bond donors (Lipinski definition) is 1. The molecule has 164 valence electrons. The first-order chi connectivity index (χ1) is 14.3. The van der Waals surface area contributed by atoms with Gasteiger partial charge in [0.15, 0.2) is 0 Å². The number of para-hydroxylation sites is 1. The maximum Gasteiger partial charge on any atom is 0.312 e. The molecule has 14 heteroatoms. The molecule has 1 aromatic carbocycles. The fourth-order valence-corrected chi connectivity index (χ4v) is 3.63. The first-order valence-electron chi connectivity index (χ1n) is 8.35. The maximum absolute atomic E-state index is 12.4. The molecule has 1 aromatic rings. The highest BCUT2D eigenvalue weighted by Crippen LogP contribution is 2.23. The van der Waals surface area contributed by atoms with Crippen LogP contribution >= 0.6 is 21.6 Å². The Labute approximate surface area is 178 Å². The highest BCUT2D eigenvalue weighted by Gasteiger charge is 2.20. The minimum Gasteiger partial charge on any atom is -0.426 e. The molecule has 1 unspecified atom stereocenters. The number of esters is 1. The topological polar surface area (TPSA) is 160 Å². The molecular formula is C16H19N3O9S2. The number of ether oxygens (including phenoxy) is 1. The number of carbonyl (C=O) groups excluding carboxylic acids is 2. The maximum atomic E-state index is 12.4. The molecular weight excluding hydrogens is 442 g/mol. The average Bonchev–Trinajstić information content (AvgIpc) is 2.69. The van der Waals surface area contributed by atoms with Gasteiger partial charge in [0.2, 0.25) is 0 Å². The number of rotatable bonds is 15. The van der Waals surface area contributed by atoms with Crippen molar-refractivity contribution in [3.63, 3.8) is 0 Å². The SMILES string of the molecule is C=CCSSCCC(=O)Oc1ccccc1C(=O)NCC(CO[N+](=O)[O-])O[N+](=O)[O-]. The zero-order valence-corrected chi connectivity index (χ0v) is 17.2. The van der Waals surface area contributed by atoms with Crippen LogP contribution in [-0.2, 0) is 14.5 Å². The first-order valence-corrected chi connectivity index (χ1v) is 10.8. The van der Waals surface area contributed by atoms with Crippen molar-refractivity contribution in [2.24, 2.45) is 0 Å². The minimum absolute atomic E-state index is 0.00887. The van der Waals surface area contributed by atoms with Gasteiger partial charge in [0.1, 0.15) is 18.5 Å². The molecule has 0 spiro atoms. The van der Waals surface area contributed by atoms with E-state index in [-0.39, 0.29) is 17.7 Å². The summed E-state index contributed by atoms with van der Waals surface area (Å²) in [6.07, 6.45) is 0.464. The lowest BCUT2D eigenvalue weighted by Gasteiger charge is -2.15. The number of amides is 1. The van der Waals surface area contributed by atoms with Crippen molar-refractivity contribution in [3.8, 4) is 5.75 Å². The zero-order valence-electron chi connectivity index (χ0n) is 15.6. The lowest BCUT2D eigenvalue weighted by Crippen LogP contribution is -2.38. The van der Waals surface area contributed by atoms with E-state index in [1.54, 1.807) is 22.9 Å². The van der Waals surface area contributed by atoms with E-state index in [0.29, 0.717) is 5.75 Å². The minimum atomic E-state index is -1.41. The van der Waals surface area contributed by atoms with Crippen LogP contribution in [0.25, 0.3) is 0 Å². The Bertz CT molecular complexity index is 763. The van der Waals surface area contributed by atoms with Gasteiger partial charge in [-0.2, -0.15) is 0 Å². The molecule has 1 N–H and O–H groups in total. The van der Waals surface area contributed by atoms with E-state index in [1.165, 1.54) is 29.0 Å². The number of carbonyl (C=O) groups is 2. The number of nitrogens with one attached hydrogen (secondary N) is 1. The average molecular weight is 461 g/mol. The van der Waals surface area contributed by atoms with E-state index in [0.717, 1.165) is 5.75 Å². The van der Waals surface area contributed by atoms with Gasteiger partial charge >= 0.3 is 5.97 Å². The lowest BCUT2D eigenvalue weighted by atomic mass is 10.2. The molecule has 0 saturated heterocycles. The molecule has 0 saturated carbocycles. The number of benzene rings is 1. The second kappa shape index (κ2) is 14.1. The summed E-state index contributed by atoms with van der Waals surface area (Å²) < 4.78 is 5.23. The number of nitrogens with zero attached hydrogens (tertiary/aromatic N) is 2. The molecule has 0 aromatic heterocycles. The monoisotopic (exact) mass is 461 g/mol. The summed E-state index contributed by atoms with van der Waals surface area (Å²) in [4.78, 5) is 53.4. The second-order valence-corrected chi connectivity index (χ2v) is 7.92. The molecule has 12 nitrogen and oxygen atoms in total. The molecule has 0 aliphatic carbocycles. The fraction of sp³-hybridized carbons (Fsp3) is 0.375. The Morgan fingerprint density at radius 3 is 2.60 bits per heavy atom. The predicted molar refractivity (Wildman–Crippen MR) is 109 cm³/mol. The molecule has 1 atom stereocenters. The van der Waals surface area contributed by atoms with Crippen molar-refractivity contribution in [1.82, 2.24) is 5.32 Å². The summed E-state index contributed by atoms with van der Waals surface area (Å²) >= 11 is 0. The second-order valence-electron chi connectivity index (χ2n) is 5.30. The Morgan fingerprint density at radius 2 is 1.93 bits per heavy atom. The molecule has 0 aliphatic rings. The third-order valence-electron chi connectivity index (χ3n) is 3.11. The van der Waals surface area contributed by atoms with Crippen LogP contribution < -0.4 is 10.1 Å². The van der Waals surface area contributed by atoms with E-state index >= 15 is 0 Å². The Morgan fingerprint density at radius 1 is 1.20 bits per heavy atom. The summed E-state index contributed by atoms with van der Waals surface area (Å²) in [6, 6.07) is 5.92. The molecule has 0 radical (unpaired) electrons. The van der Waals surface area contributed by atoms with Crippen molar-refractivity contribution in [3.05, 3.63) is 62.7 Å². The van der Waals surface area contributed by atoms with Gasteiger partial charge in [-0.25, -0.2) is 0 Å². The Balaban J connectivity index is 2.64. The van der Waals surface area contributed by atoms with Crippen molar-refractivity contribution in [2.75, 3.05) is 24.7 Å². The van der Waals surface area contributed by atoms with Crippen molar-refractivity contribution < 1.29 is 34.2 Å². The van der Waals surface area contributed by atoms with Crippen LogP contribution in [0.3, 0.4) is 0 Å². The molecule has 1 rings (SSSR count). The van der Waals surface area contributed by atoms with Crippen LogP contribution in [0.1, 0.15) is 16.8 Å². The quantitative estimate of drug-likeness (QED) is 0.0774. The van der Waals surface area contributed by atoms with E-state index in [9.17, 15) is 29.8 Å². The van der Waals surface area contributed by atoms with Crippen molar-refractivity contribution in [1.29, 1.82) is 0 Å². The highest BCUT2D eigenvalue weighted by molar-refractivity contribution is 8.76. The zero-order chi connectivity index (χ0) is 22.4. The summed E-state index contributed by atoms with van der Waals surface area (Å²) in [5, 5.41) is 20.7. The van der Waals surface area contributed by atoms with Gasteiger partial charge in [0.25, 0.3) is 16.1 Å². The van der Waals surface area contributed by atoms with Crippen LogP contribution in [0, 0.1) is 20.2 Å². The third kappa shape index (κ3) is 10.5. The van der Waals surface area contributed by atoms with Gasteiger partial charge in [-0.15, -0.1) is 26.8 Å². The molecule has 0 aliphatic heterocycles. The van der Waals surface area contributed by atoms with Crippen LogP contribution in [0.5, 0.6) is 5.75 Å².